The highest BCUT2D eigenvalue weighted by Crippen LogP contribution is 2.16. The molecule has 1 aliphatic rings. The van der Waals surface area contributed by atoms with Crippen molar-refractivity contribution in [3.05, 3.63) is 18.2 Å². The lowest BCUT2D eigenvalue weighted by Crippen LogP contribution is -2.30. The van der Waals surface area contributed by atoms with Gasteiger partial charge in [0.1, 0.15) is 5.82 Å². The van der Waals surface area contributed by atoms with Crippen LogP contribution in [0.5, 0.6) is 0 Å². The molecule has 2 aromatic heterocycles. The number of hydrogen-bond acceptors (Lipinski definition) is 5. The highest BCUT2D eigenvalue weighted by Gasteiger charge is 2.16. The zero-order valence-corrected chi connectivity index (χ0v) is 9.76. The van der Waals surface area contributed by atoms with Gasteiger partial charge in [-0.15, -0.1) is 10.2 Å². The molecule has 2 aromatic rings. The van der Waals surface area contributed by atoms with Gasteiger partial charge in [0.25, 0.3) is 0 Å². The second-order valence-electron chi connectivity index (χ2n) is 4.28. The number of rotatable bonds is 2. The van der Waals surface area contributed by atoms with Crippen molar-refractivity contribution >= 4 is 11.5 Å². The Labute approximate surface area is 99.0 Å². The van der Waals surface area contributed by atoms with Gasteiger partial charge in [-0.1, -0.05) is 0 Å². The predicted octanol–water partition coefficient (Wildman–Crippen LogP) is 1.02. The molecule has 0 aliphatic carbocycles. The van der Waals surface area contributed by atoms with E-state index < -0.39 is 0 Å². The van der Waals surface area contributed by atoms with E-state index in [2.05, 4.69) is 20.5 Å². The molecule has 1 N–H and O–H groups in total. The van der Waals surface area contributed by atoms with E-state index in [1.165, 1.54) is 0 Å². The summed E-state index contributed by atoms with van der Waals surface area (Å²) in [7, 11) is 0. The first kappa shape index (κ1) is 10.5. The van der Waals surface area contributed by atoms with Crippen LogP contribution in [0.1, 0.15) is 18.7 Å². The molecule has 0 bridgehead atoms. The number of aryl methyl sites for hydroxylation is 1. The molecule has 0 saturated carbocycles. The molecule has 6 nitrogen and oxygen atoms in total. The lowest BCUT2D eigenvalue weighted by Gasteiger charge is -2.23. The molecule has 0 radical (unpaired) electrons. The molecule has 1 atom stereocenters. The molecule has 1 saturated heterocycles. The van der Waals surface area contributed by atoms with E-state index >= 15 is 0 Å². The molecule has 0 amide bonds. The molecule has 1 aliphatic heterocycles. The zero-order chi connectivity index (χ0) is 11.7. The van der Waals surface area contributed by atoms with Gasteiger partial charge < -0.3 is 10.1 Å². The summed E-state index contributed by atoms with van der Waals surface area (Å²) in [5, 5.41) is 11.6. The SMILES string of the molecule is Cc1nnc2c(NC3CCCOC3)nccn12. The van der Waals surface area contributed by atoms with E-state index in [0.717, 1.165) is 43.3 Å². The molecule has 0 aromatic carbocycles. The number of fused-ring (bicyclic) bond motifs is 1. The lowest BCUT2D eigenvalue weighted by atomic mass is 10.1. The van der Waals surface area contributed by atoms with Crippen LogP contribution in [0.4, 0.5) is 5.82 Å². The van der Waals surface area contributed by atoms with Gasteiger partial charge in [-0.2, -0.15) is 0 Å². The van der Waals surface area contributed by atoms with Gasteiger partial charge in [0.15, 0.2) is 5.82 Å². The summed E-state index contributed by atoms with van der Waals surface area (Å²) in [4.78, 5) is 4.32. The van der Waals surface area contributed by atoms with Gasteiger partial charge >= 0.3 is 0 Å². The van der Waals surface area contributed by atoms with Gasteiger partial charge in [-0.05, 0) is 19.8 Å². The first-order valence-electron chi connectivity index (χ1n) is 5.85. The van der Waals surface area contributed by atoms with Gasteiger partial charge in [-0.3, -0.25) is 4.40 Å². The minimum Gasteiger partial charge on any atom is -0.379 e. The van der Waals surface area contributed by atoms with Crippen LogP contribution in [0.25, 0.3) is 5.65 Å². The Balaban J connectivity index is 1.89. The third kappa shape index (κ3) is 1.95. The maximum atomic E-state index is 5.44. The summed E-state index contributed by atoms with van der Waals surface area (Å²) in [6.45, 7) is 3.52. The molecule has 3 rings (SSSR count). The second-order valence-corrected chi connectivity index (χ2v) is 4.28. The Kier molecular flexibility index (Phi) is 2.64. The van der Waals surface area contributed by atoms with Gasteiger partial charge in [0, 0.05) is 19.0 Å². The molecule has 3 heterocycles. The maximum Gasteiger partial charge on any atom is 0.203 e. The van der Waals surface area contributed by atoms with Crippen LogP contribution in [-0.4, -0.2) is 38.8 Å². The topological polar surface area (TPSA) is 64.3 Å². The van der Waals surface area contributed by atoms with Gasteiger partial charge in [-0.25, -0.2) is 4.98 Å². The van der Waals surface area contributed by atoms with Crippen LogP contribution >= 0.6 is 0 Å². The number of nitrogens with one attached hydrogen (secondary N) is 1. The lowest BCUT2D eigenvalue weighted by molar-refractivity contribution is 0.0875. The van der Waals surface area contributed by atoms with Crippen LogP contribution in [0, 0.1) is 6.92 Å². The van der Waals surface area contributed by atoms with Crippen LogP contribution in [-0.2, 0) is 4.74 Å². The monoisotopic (exact) mass is 233 g/mol. The average Bonchev–Trinajstić information content (AvgIpc) is 2.74. The smallest absolute Gasteiger partial charge is 0.203 e. The Morgan fingerprint density at radius 1 is 1.47 bits per heavy atom. The molecule has 1 unspecified atom stereocenters. The first-order chi connectivity index (χ1) is 8.34. The summed E-state index contributed by atoms with van der Waals surface area (Å²) < 4.78 is 7.37. The molecular formula is C11H15N5O. The van der Waals surface area contributed by atoms with Crippen molar-refractivity contribution in [1.29, 1.82) is 0 Å². The van der Waals surface area contributed by atoms with Crippen molar-refractivity contribution in [2.24, 2.45) is 0 Å². The zero-order valence-electron chi connectivity index (χ0n) is 9.76. The average molecular weight is 233 g/mol. The fourth-order valence-corrected chi connectivity index (χ4v) is 2.09. The summed E-state index contributed by atoms with van der Waals surface area (Å²) in [5.74, 6) is 1.65. The van der Waals surface area contributed by atoms with E-state index in [4.69, 9.17) is 4.74 Å². The predicted molar refractivity (Wildman–Crippen MR) is 63.0 cm³/mol. The Bertz CT molecular complexity index is 518. The van der Waals surface area contributed by atoms with Gasteiger partial charge in [0.05, 0.1) is 12.6 Å². The molecule has 17 heavy (non-hydrogen) atoms. The Morgan fingerprint density at radius 2 is 2.41 bits per heavy atom. The molecule has 1 fully saturated rings. The van der Waals surface area contributed by atoms with E-state index in [-0.39, 0.29) is 0 Å². The number of nitrogens with zero attached hydrogens (tertiary/aromatic N) is 4. The highest BCUT2D eigenvalue weighted by molar-refractivity contribution is 5.62. The number of ether oxygens (including phenoxy) is 1. The standard InChI is InChI=1S/C11H15N5O/c1-8-14-15-11-10(12-4-5-16(8)11)13-9-3-2-6-17-7-9/h4-5,9H,2-3,6-7H2,1H3,(H,12,13). The minimum atomic E-state index is 0.319. The number of aromatic nitrogens is 4. The fraction of sp³-hybridized carbons (Fsp3) is 0.545. The van der Waals surface area contributed by atoms with E-state index in [1.807, 2.05) is 17.5 Å². The summed E-state index contributed by atoms with van der Waals surface area (Å²) in [6.07, 6.45) is 5.82. The summed E-state index contributed by atoms with van der Waals surface area (Å²) >= 11 is 0. The maximum absolute atomic E-state index is 5.44. The van der Waals surface area contributed by atoms with Crippen LogP contribution in [0.3, 0.4) is 0 Å². The van der Waals surface area contributed by atoms with E-state index in [1.54, 1.807) is 6.20 Å². The van der Waals surface area contributed by atoms with Crippen molar-refractivity contribution in [1.82, 2.24) is 19.6 Å². The summed E-state index contributed by atoms with van der Waals surface area (Å²) in [5.41, 5.74) is 0.774. The molecule has 6 heteroatoms. The fourth-order valence-electron chi connectivity index (χ4n) is 2.09. The van der Waals surface area contributed by atoms with Crippen molar-refractivity contribution in [2.45, 2.75) is 25.8 Å². The largest absolute Gasteiger partial charge is 0.379 e. The number of anilines is 1. The molecule has 0 spiro atoms. The minimum absolute atomic E-state index is 0.319. The van der Waals surface area contributed by atoms with Crippen LogP contribution in [0.2, 0.25) is 0 Å². The Hall–Kier alpha value is -1.69. The van der Waals surface area contributed by atoms with Crippen molar-refractivity contribution < 1.29 is 4.74 Å². The van der Waals surface area contributed by atoms with Crippen molar-refractivity contribution in [2.75, 3.05) is 18.5 Å². The molecule has 90 valence electrons. The van der Waals surface area contributed by atoms with Crippen molar-refractivity contribution in [3.8, 4) is 0 Å². The highest BCUT2D eigenvalue weighted by atomic mass is 16.5. The second kappa shape index (κ2) is 4.29. The molecular weight excluding hydrogens is 218 g/mol. The first-order valence-corrected chi connectivity index (χ1v) is 5.85. The Morgan fingerprint density at radius 3 is 3.24 bits per heavy atom. The van der Waals surface area contributed by atoms with Crippen LogP contribution < -0.4 is 5.32 Å². The normalized spacial score (nSPS) is 20.6. The summed E-state index contributed by atoms with van der Waals surface area (Å²) in [6, 6.07) is 0.319. The third-order valence-electron chi connectivity index (χ3n) is 3.00. The third-order valence-corrected chi connectivity index (χ3v) is 3.00. The quantitative estimate of drug-likeness (QED) is 0.839. The van der Waals surface area contributed by atoms with Crippen molar-refractivity contribution in [3.63, 3.8) is 0 Å². The van der Waals surface area contributed by atoms with E-state index in [0.29, 0.717) is 6.04 Å². The van der Waals surface area contributed by atoms with Crippen LogP contribution in [0.15, 0.2) is 12.4 Å². The number of hydrogen-bond donors (Lipinski definition) is 1. The van der Waals surface area contributed by atoms with E-state index in [9.17, 15) is 0 Å². The van der Waals surface area contributed by atoms with Gasteiger partial charge in [0.2, 0.25) is 5.65 Å².